The average molecular weight is 288 g/mol. The van der Waals surface area contributed by atoms with Crippen LogP contribution in [0.1, 0.15) is 12.5 Å². The van der Waals surface area contributed by atoms with Crippen molar-refractivity contribution in [2.45, 2.75) is 13.5 Å². The van der Waals surface area contributed by atoms with Gasteiger partial charge >= 0.3 is 0 Å². The summed E-state index contributed by atoms with van der Waals surface area (Å²) in [6, 6.07) is 5.63. The van der Waals surface area contributed by atoms with Gasteiger partial charge in [0.25, 0.3) is 0 Å². The minimum atomic E-state index is 0.542. The van der Waals surface area contributed by atoms with Crippen LogP contribution < -0.4 is 10.1 Å². The second-order valence-electron chi connectivity index (χ2n) is 3.97. The summed E-state index contributed by atoms with van der Waals surface area (Å²) in [6.07, 6.45) is 0. The molecule has 1 rings (SSSR count). The summed E-state index contributed by atoms with van der Waals surface area (Å²) < 4.78 is 15.9. The lowest BCUT2D eigenvalue weighted by molar-refractivity contribution is 0.110. The van der Waals surface area contributed by atoms with Gasteiger partial charge in [-0.25, -0.2) is 0 Å². The molecular weight excluding hydrogens is 266 g/mol. The summed E-state index contributed by atoms with van der Waals surface area (Å²) in [5.74, 6) is 0.842. The van der Waals surface area contributed by atoms with E-state index >= 15 is 0 Å². The lowest BCUT2D eigenvalue weighted by Gasteiger charge is -2.12. The van der Waals surface area contributed by atoms with Crippen molar-refractivity contribution >= 4 is 11.6 Å². The number of halogens is 1. The van der Waals surface area contributed by atoms with Crippen LogP contribution in [-0.2, 0) is 16.0 Å². The van der Waals surface area contributed by atoms with E-state index < -0.39 is 0 Å². The molecule has 0 aliphatic rings. The first-order chi connectivity index (χ1) is 9.27. The molecule has 0 aliphatic carbocycles. The molecule has 0 aromatic heterocycles. The summed E-state index contributed by atoms with van der Waals surface area (Å²) in [4.78, 5) is 0. The number of ether oxygens (including phenoxy) is 3. The molecule has 0 saturated heterocycles. The molecule has 0 amide bonds. The van der Waals surface area contributed by atoms with Crippen molar-refractivity contribution in [2.24, 2.45) is 0 Å². The molecule has 1 aromatic carbocycles. The van der Waals surface area contributed by atoms with Crippen molar-refractivity contribution in [1.82, 2.24) is 5.32 Å². The Balaban J connectivity index is 2.48. The van der Waals surface area contributed by atoms with Crippen molar-refractivity contribution in [3.63, 3.8) is 0 Å². The van der Waals surface area contributed by atoms with Crippen LogP contribution in [0.5, 0.6) is 5.75 Å². The third-order valence-corrected chi connectivity index (χ3v) is 2.75. The van der Waals surface area contributed by atoms with Gasteiger partial charge in [0.1, 0.15) is 12.4 Å². The fraction of sp³-hybridized carbons (Fsp3) is 0.571. The number of nitrogens with one attached hydrogen (secondary N) is 1. The van der Waals surface area contributed by atoms with Crippen LogP contribution in [0.3, 0.4) is 0 Å². The summed E-state index contributed by atoms with van der Waals surface area (Å²) in [5.41, 5.74) is 1.04. The molecule has 0 bridgehead atoms. The summed E-state index contributed by atoms with van der Waals surface area (Å²) in [5, 5.41) is 3.99. The Bertz CT molecular complexity index is 361. The van der Waals surface area contributed by atoms with Crippen molar-refractivity contribution in [2.75, 3.05) is 40.1 Å². The van der Waals surface area contributed by atoms with E-state index in [4.69, 9.17) is 25.8 Å². The Hall–Kier alpha value is -0.810. The van der Waals surface area contributed by atoms with Gasteiger partial charge in [-0.1, -0.05) is 11.6 Å². The van der Waals surface area contributed by atoms with E-state index in [1.54, 1.807) is 7.11 Å². The lowest BCUT2D eigenvalue weighted by atomic mass is 10.2. The van der Waals surface area contributed by atoms with Crippen LogP contribution in [0.4, 0.5) is 0 Å². The predicted octanol–water partition coefficient (Wildman–Crippen LogP) is 2.49. The van der Waals surface area contributed by atoms with Gasteiger partial charge in [-0.05, 0) is 25.1 Å². The smallest absolute Gasteiger partial charge is 0.124 e. The van der Waals surface area contributed by atoms with Crippen LogP contribution in [0.25, 0.3) is 0 Å². The molecular formula is C14H22ClNO3. The number of benzene rings is 1. The molecule has 0 aliphatic heterocycles. The van der Waals surface area contributed by atoms with Crippen LogP contribution in [-0.4, -0.2) is 40.1 Å². The maximum absolute atomic E-state index is 6.01. The maximum atomic E-state index is 6.01. The molecule has 0 unspecified atom stereocenters. The minimum Gasteiger partial charge on any atom is -0.491 e. The molecule has 1 N–H and O–H groups in total. The second-order valence-corrected chi connectivity index (χ2v) is 4.40. The van der Waals surface area contributed by atoms with Gasteiger partial charge in [0.2, 0.25) is 0 Å². The Kier molecular flexibility index (Phi) is 8.58. The molecule has 108 valence electrons. The minimum absolute atomic E-state index is 0.542. The zero-order valence-corrected chi connectivity index (χ0v) is 12.3. The molecule has 0 radical (unpaired) electrons. The van der Waals surface area contributed by atoms with Gasteiger partial charge in [0.15, 0.2) is 0 Å². The van der Waals surface area contributed by atoms with E-state index in [1.807, 2.05) is 25.1 Å². The van der Waals surface area contributed by atoms with Crippen molar-refractivity contribution in [1.29, 1.82) is 0 Å². The normalized spacial score (nSPS) is 10.7. The third kappa shape index (κ3) is 6.78. The fourth-order valence-electron chi connectivity index (χ4n) is 1.58. The molecule has 1 aromatic rings. The predicted molar refractivity (Wildman–Crippen MR) is 77.0 cm³/mol. The van der Waals surface area contributed by atoms with Crippen LogP contribution in [0, 0.1) is 0 Å². The molecule has 0 spiro atoms. The first-order valence-corrected chi connectivity index (χ1v) is 6.84. The Morgan fingerprint density at radius 2 is 2.05 bits per heavy atom. The van der Waals surface area contributed by atoms with E-state index in [9.17, 15) is 0 Å². The molecule has 0 saturated carbocycles. The number of hydrogen-bond acceptors (Lipinski definition) is 4. The van der Waals surface area contributed by atoms with E-state index in [1.165, 1.54) is 0 Å². The fourth-order valence-corrected chi connectivity index (χ4v) is 1.77. The van der Waals surface area contributed by atoms with Gasteiger partial charge in [-0.15, -0.1) is 0 Å². The number of hydrogen-bond donors (Lipinski definition) is 1. The molecule has 0 fully saturated rings. The molecule has 4 nitrogen and oxygen atoms in total. The maximum Gasteiger partial charge on any atom is 0.124 e. The Morgan fingerprint density at radius 1 is 1.21 bits per heavy atom. The lowest BCUT2D eigenvalue weighted by Crippen LogP contribution is -2.19. The van der Waals surface area contributed by atoms with Crippen molar-refractivity contribution in [3.05, 3.63) is 28.8 Å². The number of rotatable bonds is 10. The highest BCUT2D eigenvalue weighted by molar-refractivity contribution is 6.30. The highest BCUT2D eigenvalue weighted by Gasteiger charge is 2.04. The molecule has 0 atom stereocenters. The molecule has 0 heterocycles. The summed E-state index contributed by atoms with van der Waals surface area (Å²) >= 11 is 6.01. The van der Waals surface area contributed by atoms with Crippen LogP contribution >= 0.6 is 11.6 Å². The largest absolute Gasteiger partial charge is 0.491 e. The Morgan fingerprint density at radius 3 is 2.79 bits per heavy atom. The van der Waals surface area contributed by atoms with Crippen LogP contribution in [0.15, 0.2) is 18.2 Å². The standard InChI is InChI=1S/C14H22ClNO3/c1-3-18-8-9-19-14-5-4-13(15)10-12(14)11-16-6-7-17-2/h4-5,10,16H,3,6-9,11H2,1-2H3. The van der Waals surface area contributed by atoms with Crippen molar-refractivity contribution < 1.29 is 14.2 Å². The van der Waals surface area contributed by atoms with E-state index in [0.717, 1.165) is 17.9 Å². The molecule has 19 heavy (non-hydrogen) atoms. The number of methoxy groups -OCH3 is 1. The summed E-state index contributed by atoms with van der Waals surface area (Å²) in [7, 11) is 1.68. The first kappa shape index (κ1) is 16.2. The van der Waals surface area contributed by atoms with E-state index in [-0.39, 0.29) is 0 Å². The average Bonchev–Trinajstić information content (AvgIpc) is 2.41. The second kappa shape index (κ2) is 10.0. The topological polar surface area (TPSA) is 39.7 Å². The highest BCUT2D eigenvalue weighted by atomic mass is 35.5. The monoisotopic (exact) mass is 287 g/mol. The molecule has 5 heteroatoms. The van der Waals surface area contributed by atoms with Gasteiger partial charge in [0, 0.05) is 37.4 Å². The highest BCUT2D eigenvalue weighted by Crippen LogP contribution is 2.22. The van der Waals surface area contributed by atoms with E-state index in [2.05, 4.69) is 5.32 Å². The zero-order chi connectivity index (χ0) is 13.9. The van der Waals surface area contributed by atoms with Crippen molar-refractivity contribution in [3.8, 4) is 5.75 Å². The Labute approximate surface area is 120 Å². The SMILES string of the molecule is CCOCCOc1ccc(Cl)cc1CNCCOC. The quantitative estimate of drug-likeness (QED) is 0.671. The summed E-state index contributed by atoms with van der Waals surface area (Å²) in [6.45, 7) is 5.98. The van der Waals surface area contributed by atoms with Gasteiger partial charge in [-0.2, -0.15) is 0 Å². The van der Waals surface area contributed by atoms with E-state index in [0.29, 0.717) is 38.0 Å². The first-order valence-electron chi connectivity index (χ1n) is 6.46. The zero-order valence-electron chi connectivity index (χ0n) is 11.6. The van der Waals surface area contributed by atoms with Gasteiger partial charge in [-0.3, -0.25) is 0 Å². The van der Waals surface area contributed by atoms with Crippen LogP contribution in [0.2, 0.25) is 5.02 Å². The third-order valence-electron chi connectivity index (χ3n) is 2.51. The van der Waals surface area contributed by atoms with Gasteiger partial charge in [0.05, 0.1) is 13.2 Å². The van der Waals surface area contributed by atoms with Gasteiger partial charge < -0.3 is 19.5 Å².